The average Bonchev–Trinajstić information content (AvgIpc) is 2.88. The number of benzene rings is 4. The molecule has 0 bridgehead atoms. The second-order valence-corrected chi connectivity index (χ2v) is 7.51. The van der Waals surface area contributed by atoms with E-state index in [1.165, 1.54) is 0 Å². The molecule has 1 aliphatic rings. The van der Waals surface area contributed by atoms with Crippen LogP contribution in [0.25, 0.3) is 33.9 Å². The monoisotopic (exact) mass is 414 g/mol. The molecular formula is C28H18N2O2. The molecule has 5 aromatic rings. The number of aromatic nitrogens is 2. The maximum Gasteiger partial charge on any atom is 0.170 e. The molecule has 0 saturated heterocycles. The predicted molar refractivity (Wildman–Crippen MR) is 125 cm³/mol. The van der Waals surface area contributed by atoms with E-state index >= 15 is 0 Å². The summed E-state index contributed by atoms with van der Waals surface area (Å²) in [5.41, 5.74) is 4.69. The van der Waals surface area contributed by atoms with Gasteiger partial charge in [-0.2, -0.15) is 0 Å². The first-order chi connectivity index (χ1) is 15.8. The van der Waals surface area contributed by atoms with Crippen molar-refractivity contribution in [3.8, 4) is 56.9 Å². The Hall–Kier alpha value is -4.44. The molecule has 6 rings (SSSR count). The minimum absolute atomic E-state index is 0.635. The van der Waals surface area contributed by atoms with E-state index in [4.69, 9.17) is 19.4 Å². The largest absolute Gasteiger partial charge is 0.450 e. The smallest absolute Gasteiger partial charge is 0.170 e. The van der Waals surface area contributed by atoms with Gasteiger partial charge in [0.25, 0.3) is 0 Å². The standard InChI is InChI=1S/C28H18N2O2/c1-3-9-19(10-4-1)22-18-23(20-11-5-2-6-12-20)30-28(29-22)21-15-16-26-27(17-21)32-25-14-8-7-13-24(25)31-26/h1-18H. The highest BCUT2D eigenvalue weighted by Crippen LogP contribution is 2.46. The van der Waals surface area contributed by atoms with Crippen molar-refractivity contribution in [1.82, 2.24) is 9.97 Å². The van der Waals surface area contributed by atoms with Crippen molar-refractivity contribution >= 4 is 0 Å². The van der Waals surface area contributed by atoms with Crippen LogP contribution in [0.5, 0.6) is 23.0 Å². The van der Waals surface area contributed by atoms with Crippen molar-refractivity contribution in [2.75, 3.05) is 0 Å². The fraction of sp³-hybridized carbons (Fsp3) is 0. The minimum Gasteiger partial charge on any atom is -0.450 e. The van der Waals surface area contributed by atoms with Crippen molar-refractivity contribution in [1.29, 1.82) is 0 Å². The predicted octanol–water partition coefficient (Wildman–Crippen LogP) is 7.38. The highest BCUT2D eigenvalue weighted by atomic mass is 16.6. The molecule has 4 aromatic carbocycles. The zero-order chi connectivity index (χ0) is 21.3. The molecule has 0 saturated carbocycles. The van der Waals surface area contributed by atoms with Gasteiger partial charge >= 0.3 is 0 Å². The van der Waals surface area contributed by atoms with Crippen LogP contribution in [-0.4, -0.2) is 9.97 Å². The molecule has 1 aliphatic heterocycles. The van der Waals surface area contributed by atoms with E-state index in [9.17, 15) is 0 Å². The molecule has 1 aromatic heterocycles. The van der Waals surface area contributed by atoms with Crippen LogP contribution < -0.4 is 9.47 Å². The molecule has 4 nitrogen and oxygen atoms in total. The quantitative estimate of drug-likeness (QED) is 0.303. The van der Waals surface area contributed by atoms with Crippen LogP contribution in [0, 0.1) is 0 Å². The summed E-state index contributed by atoms with van der Waals surface area (Å²) in [6, 6.07) is 35.8. The number of nitrogens with zero attached hydrogens (tertiary/aromatic N) is 2. The Morgan fingerprint density at radius 3 is 1.50 bits per heavy atom. The summed E-state index contributed by atoms with van der Waals surface area (Å²) in [6.07, 6.45) is 0. The van der Waals surface area contributed by atoms with Crippen LogP contribution in [0.15, 0.2) is 109 Å². The lowest BCUT2D eigenvalue weighted by atomic mass is 10.1. The van der Waals surface area contributed by atoms with Crippen molar-refractivity contribution < 1.29 is 9.47 Å². The van der Waals surface area contributed by atoms with Gasteiger partial charge in [-0.05, 0) is 36.4 Å². The number of rotatable bonds is 3. The zero-order valence-corrected chi connectivity index (χ0v) is 17.1. The summed E-state index contributed by atoms with van der Waals surface area (Å²) in [5.74, 6) is 3.36. The molecule has 0 atom stereocenters. The first kappa shape index (κ1) is 18.3. The van der Waals surface area contributed by atoms with Gasteiger partial charge in [-0.3, -0.25) is 0 Å². The lowest BCUT2D eigenvalue weighted by Crippen LogP contribution is -2.00. The summed E-state index contributed by atoms with van der Waals surface area (Å²) < 4.78 is 12.1. The molecule has 0 spiro atoms. The topological polar surface area (TPSA) is 44.2 Å². The van der Waals surface area contributed by atoms with E-state index in [-0.39, 0.29) is 0 Å². The molecule has 152 valence electrons. The Labute approximate surface area is 185 Å². The van der Waals surface area contributed by atoms with Crippen LogP contribution in [0.1, 0.15) is 0 Å². The summed E-state index contributed by atoms with van der Waals surface area (Å²) in [7, 11) is 0. The van der Waals surface area contributed by atoms with Crippen LogP contribution in [0.3, 0.4) is 0 Å². The van der Waals surface area contributed by atoms with Gasteiger partial charge in [0.15, 0.2) is 28.8 Å². The van der Waals surface area contributed by atoms with Crippen LogP contribution in [0.4, 0.5) is 0 Å². The van der Waals surface area contributed by atoms with Crippen LogP contribution >= 0.6 is 0 Å². The molecule has 0 amide bonds. The van der Waals surface area contributed by atoms with Gasteiger partial charge in [0.2, 0.25) is 0 Å². The van der Waals surface area contributed by atoms with E-state index in [2.05, 4.69) is 24.3 Å². The Kier molecular flexibility index (Phi) is 4.40. The summed E-state index contributed by atoms with van der Waals surface area (Å²) >= 11 is 0. The maximum atomic E-state index is 6.09. The molecule has 0 unspecified atom stereocenters. The van der Waals surface area contributed by atoms with E-state index in [1.807, 2.05) is 84.9 Å². The summed E-state index contributed by atoms with van der Waals surface area (Å²) in [4.78, 5) is 9.77. The third kappa shape index (κ3) is 3.38. The van der Waals surface area contributed by atoms with E-state index in [0.29, 0.717) is 28.8 Å². The highest BCUT2D eigenvalue weighted by Gasteiger charge is 2.20. The first-order valence-electron chi connectivity index (χ1n) is 10.4. The zero-order valence-electron chi connectivity index (χ0n) is 17.1. The van der Waals surface area contributed by atoms with Gasteiger partial charge < -0.3 is 9.47 Å². The summed E-state index contributed by atoms with van der Waals surface area (Å²) in [5, 5.41) is 0. The van der Waals surface area contributed by atoms with E-state index in [1.54, 1.807) is 0 Å². The Morgan fingerprint density at radius 2 is 0.906 bits per heavy atom. The van der Waals surface area contributed by atoms with Gasteiger partial charge in [-0.15, -0.1) is 0 Å². The summed E-state index contributed by atoms with van der Waals surface area (Å²) in [6.45, 7) is 0. The van der Waals surface area contributed by atoms with Crippen molar-refractivity contribution in [3.63, 3.8) is 0 Å². The second kappa shape index (κ2) is 7.67. The van der Waals surface area contributed by atoms with Crippen molar-refractivity contribution in [2.24, 2.45) is 0 Å². The molecule has 0 fully saturated rings. The second-order valence-electron chi connectivity index (χ2n) is 7.51. The first-order valence-corrected chi connectivity index (χ1v) is 10.4. The molecule has 0 radical (unpaired) electrons. The molecule has 0 aliphatic carbocycles. The Balaban J connectivity index is 1.47. The number of hydrogen-bond donors (Lipinski definition) is 0. The number of para-hydroxylation sites is 2. The van der Waals surface area contributed by atoms with Gasteiger partial charge in [0.1, 0.15) is 0 Å². The SMILES string of the molecule is c1ccc(-c2cc(-c3ccccc3)nc(-c3ccc4c(c3)Oc3ccccc3O4)n2)cc1. The van der Waals surface area contributed by atoms with E-state index in [0.717, 1.165) is 28.1 Å². The Morgan fingerprint density at radius 1 is 0.406 bits per heavy atom. The van der Waals surface area contributed by atoms with Crippen molar-refractivity contribution in [2.45, 2.75) is 0 Å². The Bertz CT molecular complexity index is 1360. The fourth-order valence-corrected chi connectivity index (χ4v) is 3.76. The number of ether oxygens (including phenoxy) is 2. The van der Waals surface area contributed by atoms with Gasteiger partial charge in [0, 0.05) is 16.7 Å². The normalized spacial score (nSPS) is 11.6. The third-order valence-electron chi connectivity index (χ3n) is 5.36. The molecule has 2 heterocycles. The van der Waals surface area contributed by atoms with Gasteiger partial charge in [-0.1, -0.05) is 72.8 Å². The molecular weight excluding hydrogens is 396 g/mol. The molecule has 0 N–H and O–H groups in total. The minimum atomic E-state index is 0.635. The van der Waals surface area contributed by atoms with Crippen LogP contribution in [-0.2, 0) is 0 Å². The number of fused-ring (bicyclic) bond motifs is 2. The van der Waals surface area contributed by atoms with E-state index < -0.39 is 0 Å². The maximum absolute atomic E-state index is 6.09. The lowest BCUT2D eigenvalue weighted by molar-refractivity contribution is 0.360. The van der Waals surface area contributed by atoms with Gasteiger partial charge in [-0.25, -0.2) is 9.97 Å². The lowest BCUT2D eigenvalue weighted by Gasteiger charge is -2.20. The highest BCUT2D eigenvalue weighted by molar-refractivity contribution is 5.73. The molecule has 32 heavy (non-hydrogen) atoms. The molecule has 4 heteroatoms. The average molecular weight is 414 g/mol. The van der Waals surface area contributed by atoms with Crippen molar-refractivity contribution in [3.05, 3.63) is 109 Å². The fourth-order valence-electron chi connectivity index (χ4n) is 3.76. The number of hydrogen-bond acceptors (Lipinski definition) is 4. The van der Waals surface area contributed by atoms with Crippen LogP contribution in [0.2, 0.25) is 0 Å². The third-order valence-corrected chi connectivity index (χ3v) is 5.36. The van der Waals surface area contributed by atoms with Gasteiger partial charge in [0.05, 0.1) is 11.4 Å².